The van der Waals surface area contributed by atoms with Crippen molar-refractivity contribution in [1.29, 1.82) is 0 Å². The summed E-state index contributed by atoms with van der Waals surface area (Å²) < 4.78 is 0. The van der Waals surface area contributed by atoms with Gasteiger partial charge in [0.15, 0.2) is 0 Å². The van der Waals surface area contributed by atoms with Crippen LogP contribution in [0.25, 0.3) is 0 Å². The molecule has 0 bridgehead atoms. The van der Waals surface area contributed by atoms with Gasteiger partial charge < -0.3 is 5.32 Å². The standard InChI is InChI=1S/C14H18N4/c1(5-13-8-10-16-18-13)4-12-7-6-11-3-2-9-15-14(11)17-12/h6-8,10H,1-5,9H2,(H,15,17)(H,16,18). The van der Waals surface area contributed by atoms with Gasteiger partial charge in [-0.15, -0.1) is 0 Å². The zero-order valence-corrected chi connectivity index (χ0v) is 10.4. The number of rotatable bonds is 4. The Bertz CT molecular complexity index is 505. The fraction of sp³-hybridized carbons (Fsp3) is 0.429. The van der Waals surface area contributed by atoms with Gasteiger partial charge in [0.1, 0.15) is 5.82 Å². The predicted molar refractivity (Wildman–Crippen MR) is 71.7 cm³/mol. The zero-order valence-electron chi connectivity index (χ0n) is 10.4. The number of aryl methyl sites for hydroxylation is 3. The Morgan fingerprint density at radius 3 is 2.94 bits per heavy atom. The minimum absolute atomic E-state index is 1.01. The molecule has 2 aromatic rings. The monoisotopic (exact) mass is 242 g/mol. The maximum Gasteiger partial charge on any atom is 0.129 e. The Balaban J connectivity index is 1.59. The third-order valence-electron chi connectivity index (χ3n) is 3.38. The van der Waals surface area contributed by atoms with Crippen molar-refractivity contribution in [2.75, 3.05) is 11.9 Å². The molecule has 0 amide bonds. The molecule has 0 saturated heterocycles. The number of anilines is 1. The molecule has 1 aliphatic heterocycles. The van der Waals surface area contributed by atoms with E-state index in [1.807, 2.05) is 12.3 Å². The lowest BCUT2D eigenvalue weighted by Crippen LogP contribution is -2.14. The van der Waals surface area contributed by atoms with E-state index < -0.39 is 0 Å². The van der Waals surface area contributed by atoms with Crippen LogP contribution in [0.15, 0.2) is 24.4 Å². The predicted octanol–water partition coefficient (Wildman–Crippen LogP) is 2.34. The third kappa shape index (κ3) is 2.53. The molecule has 0 unspecified atom stereocenters. The van der Waals surface area contributed by atoms with Crippen LogP contribution in [0.2, 0.25) is 0 Å². The van der Waals surface area contributed by atoms with Gasteiger partial charge in [-0.05, 0) is 49.8 Å². The Labute approximate surface area is 107 Å². The molecule has 94 valence electrons. The summed E-state index contributed by atoms with van der Waals surface area (Å²) in [5, 5.41) is 10.4. The van der Waals surface area contributed by atoms with Gasteiger partial charge in [-0.3, -0.25) is 5.10 Å². The molecule has 0 atom stereocenters. The summed E-state index contributed by atoms with van der Waals surface area (Å²) in [7, 11) is 0. The molecule has 0 aliphatic carbocycles. The summed E-state index contributed by atoms with van der Waals surface area (Å²) >= 11 is 0. The molecular weight excluding hydrogens is 224 g/mol. The van der Waals surface area contributed by atoms with Crippen molar-refractivity contribution in [2.45, 2.75) is 32.1 Å². The Morgan fingerprint density at radius 2 is 2.06 bits per heavy atom. The number of aromatic amines is 1. The molecule has 1 aliphatic rings. The van der Waals surface area contributed by atoms with Crippen molar-refractivity contribution < 1.29 is 0 Å². The van der Waals surface area contributed by atoms with Crippen LogP contribution in [-0.2, 0) is 19.3 Å². The molecule has 4 heteroatoms. The molecule has 3 heterocycles. The number of pyridine rings is 1. The first-order valence-corrected chi connectivity index (χ1v) is 6.63. The van der Waals surface area contributed by atoms with Crippen LogP contribution in [0, 0.1) is 0 Å². The maximum absolute atomic E-state index is 4.69. The minimum atomic E-state index is 1.01. The van der Waals surface area contributed by atoms with Gasteiger partial charge in [-0.25, -0.2) is 4.98 Å². The largest absolute Gasteiger partial charge is 0.370 e. The number of hydrogen-bond donors (Lipinski definition) is 2. The summed E-state index contributed by atoms with van der Waals surface area (Å²) in [5.41, 5.74) is 3.67. The number of fused-ring (bicyclic) bond motifs is 1. The SMILES string of the molecule is c1cc(CCCc2ccc3c(n2)NCCC3)n[nH]1. The third-order valence-corrected chi connectivity index (χ3v) is 3.38. The van der Waals surface area contributed by atoms with E-state index >= 15 is 0 Å². The highest BCUT2D eigenvalue weighted by molar-refractivity contribution is 5.46. The van der Waals surface area contributed by atoms with Crippen LogP contribution in [0.5, 0.6) is 0 Å². The van der Waals surface area contributed by atoms with Crippen molar-refractivity contribution in [3.05, 3.63) is 41.3 Å². The van der Waals surface area contributed by atoms with E-state index in [1.165, 1.54) is 17.7 Å². The van der Waals surface area contributed by atoms with Crippen molar-refractivity contribution in [3.63, 3.8) is 0 Å². The quantitative estimate of drug-likeness (QED) is 0.865. The molecule has 0 saturated carbocycles. The number of nitrogens with zero attached hydrogens (tertiary/aromatic N) is 2. The first-order chi connectivity index (χ1) is 8.92. The van der Waals surface area contributed by atoms with Gasteiger partial charge >= 0.3 is 0 Å². The Kier molecular flexibility index (Phi) is 3.26. The fourth-order valence-corrected chi connectivity index (χ4v) is 2.39. The fourth-order valence-electron chi connectivity index (χ4n) is 2.39. The maximum atomic E-state index is 4.69. The summed E-state index contributed by atoms with van der Waals surface area (Å²) in [6, 6.07) is 6.41. The molecule has 4 nitrogen and oxygen atoms in total. The molecule has 0 radical (unpaired) electrons. The number of hydrogen-bond acceptors (Lipinski definition) is 3. The topological polar surface area (TPSA) is 53.6 Å². The Morgan fingerprint density at radius 1 is 1.11 bits per heavy atom. The van der Waals surface area contributed by atoms with E-state index in [4.69, 9.17) is 4.98 Å². The molecule has 0 aromatic carbocycles. The van der Waals surface area contributed by atoms with E-state index in [9.17, 15) is 0 Å². The van der Waals surface area contributed by atoms with E-state index in [-0.39, 0.29) is 0 Å². The molecule has 0 fully saturated rings. The smallest absolute Gasteiger partial charge is 0.129 e. The van der Waals surface area contributed by atoms with E-state index in [0.717, 1.165) is 43.7 Å². The lowest BCUT2D eigenvalue weighted by atomic mass is 10.1. The normalized spacial score (nSPS) is 14.0. The number of aromatic nitrogens is 3. The second-order valence-electron chi connectivity index (χ2n) is 4.76. The van der Waals surface area contributed by atoms with E-state index in [0.29, 0.717) is 0 Å². The minimum Gasteiger partial charge on any atom is -0.370 e. The van der Waals surface area contributed by atoms with Crippen LogP contribution in [-0.4, -0.2) is 21.7 Å². The average Bonchev–Trinajstić information content (AvgIpc) is 2.92. The lowest BCUT2D eigenvalue weighted by Gasteiger charge is -2.17. The van der Waals surface area contributed by atoms with Crippen LogP contribution in [0.3, 0.4) is 0 Å². The molecule has 2 aromatic heterocycles. The highest BCUT2D eigenvalue weighted by Crippen LogP contribution is 2.20. The van der Waals surface area contributed by atoms with Gasteiger partial charge in [0.2, 0.25) is 0 Å². The number of nitrogens with one attached hydrogen (secondary N) is 2. The van der Waals surface area contributed by atoms with Gasteiger partial charge in [-0.2, -0.15) is 5.10 Å². The van der Waals surface area contributed by atoms with Gasteiger partial charge in [0.05, 0.1) is 5.69 Å². The molecule has 3 rings (SSSR count). The summed E-state index contributed by atoms with van der Waals surface area (Å²) in [4.78, 5) is 4.69. The highest BCUT2D eigenvalue weighted by atomic mass is 15.1. The van der Waals surface area contributed by atoms with Crippen LogP contribution >= 0.6 is 0 Å². The molecule has 0 spiro atoms. The van der Waals surface area contributed by atoms with Gasteiger partial charge in [0.25, 0.3) is 0 Å². The summed E-state index contributed by atoms with van der Waals surface area (Å²) in [6.45, 7) is 1.05. The van der Waals surface area contributed by atoms with Crippen LogP contribution in [0.1, 0.15) is 29.8 Å². The zero-order chi connectivity index (χ0) is 12.2. The van der Waals surface area contributed by atoms with Crippen molar-refractivity contribution >= 4 is 5.82 Å². The molecule has 2 N–H and O–H groups in total. The van der Waals surface area contributed by atoms with E-state index in [1.54, 1.807) is 0 Å². The van der Waals surface area contributed by atoms with Crippen LogP contribution < -0.4 is 5.32 Å². The van der Waals surface area contributed by atoms with Gasteiger partial charge in [-0.1, -0.05) is 6.07 Å². The molecule has 18 heavy (non-hydrogen) atoms. The number of H-pyrrole nitrogens is 1. The first-order valence-electron chi connectivity index (χ1n) is 6.63. The van der Waals surface area contributed by atoms with Crippen molar-refractivity contribution in [3.8, 4) is 0 Å². The van der Waals surface area contributed by atoms with Crippen LogP contribution in [0.4, 0.5) is 5.82 Å². The average molecular weight is 242 g/mol. The second-order valence-corrected chi connectivity index (χ2v) is 4.76. The second kappa shape index (κ2) is 5.21. The summed E-state index contributed by atoms with van der Waals surface area (Å²) in [6.07, 6.45) is 7.36. The molecular formula is C14H18N4. The van der Waals surface area contributed by atoms with Crippen molar-refractivity contribution in [1.82, 2.24) is 15.2 Å². The van der Waals surface area contributed by atoms with Crippen molar-refractivity contribution in [2.24, 2.45) is 0 Å². The van der Waals surface area contributed by atoms with E-state index in [2.05, 4.69) is 27.6 Å². The Hall–Kier alpha value is -1.84. The summed E-state index contributed by atoms with van der Waals surface area (Å²) in [5.74, 6) is 1.10. The van der Waals surface area contributed by atoms with Gasteiger partial charge in [0, 0.05) is 18.4 Å². The first kappa shape index (κ1) is 11.3. The highest BCUT2D eigenvalue weighted by Gasteiger charge is 2.10. The lowest BCUT2D eigenvalue weighted by molar-refractivity contribution is 0.765.